The largest absolute Gasteiger partial charge is 0.365 e. The Hall–Kier alpha value is -2.40. The van der Waals surface area contributed by atoms with E-state index in [1.54, 1.807) is 17.8 Å². The van der Waals surface area contributed by atoms with E-state index in [0.29, 0.717) is 10.9 Å². The fourth-order valence-electron chi connectivity index (χ4n) is 3.40. The first-order valence-corrected chi connectivity index (χ1v) is 10.9. The molecule has 3 heterocycles. The molecule has 3 aromatic heterocycles. The van der Waals surface area contributed by atoms with Crippen LogP contribution in [-0.2, 0) is 4.79 Å². The quantitative estimate of drug-likeness (QED) is 0.515. The summed E-state index contributed by atoms with van der Waals surface area (Å²) in [6, 6.07) is 0.695. The second-order valence-electron chi connectivity index (χ2n) is 7.25. The summed E-state index contributed by atoms with van der Waals surface area (Å²) in [7, 11) is 0. The van der Waals surface area contributed by atoms with Gasteiger partial charge in [-0.3, -0.25) is 14.3 Å². The fourth-order valence-corrected chi connectivity index (χ4v) is 4.69. The van der Waals surface area contributed by atoms with Gasteiger partial charge in [-0.05, 0) is 60.2 Å². The summed E-state index contributed by atoms with van der Waals surface area (Å²) in [5, 5.41) is 7.50. The summed E-state index contributed by atoms with van der Waals surface area (Å²) >= 11 is 4.28. The topological polar surface area (TPSA) is 103 Å². The second-order valence-corrected chi connectivity index (χ2v) is 9.10. The number of pyridine rings is 1. The number of aromatic nitrogens is 3. The average Bonchev–Trinajstić information content (AvgIpc) is 3.41. The van der Waals surface area contributed by atoms with Crippen molar-refractivity contribution in [3.05, 3.63) is 38.6 Å². The van der Waals surface area contributed by atoms with Gasteiger partial charge < -0.3 is 11.1 Å². The van der Waals surface area contributed by atoms with E-state index in [-0.39, 0.29) is 27.0 Å². The maximum absolute atomic E-state index is 13.3. The Morgan fingerprint density at radius 3 is 2.63 bits per heavy atom. The van der Waals surface area contributed by atoms with Gasteiger partial charge >= 0.3 is 0 Å². The number of hydrogen-bond acceptors (Lipinski definition) is 5. The number of amides is 2. The molecule has 158 valence electrons. The smallest absolute Gasteiger partial charge is 0.280 e. The number of carbonyl (C=O) groups is 2. The summed E-state index contributed by atoms with van der Waals surface area (Å²) in [6.45, 7) is 3.49. The van der Waals surface area contributed by atoms with E-state index < -0.39 is 24.3 Å². The Morgan fingerprint density at radius 1 is 1.40 bits per heavy atom. The molecular weight excluding hydrogens is 480 g/mol. The number of nitrogens with two attached hydrogens (primary N) is 1. The van der Waals surface area contributed by atoms with Crippen molar-refractivity contribution in [2.45, 2.75) is 45.1 Å². The van der Waals surface area contributed by atoms with Crippen LogP contribution in [0.1, 0.15) is 64.8 Å². The first kappa shape index (κ1) is 20.9. The SMILES string of the molecule is Cc1c(Br)cnn1C(C)C(=O)Nc1c(C(N)=O)sc2nc(C(F)F)cc(C3CC3)c12. The van der Waals surface area contributed by atoms with Crippen LogP contribution < -0.4 is 11.1 Å². The summed E-state index contributed by atoms with van der Waals surface area (Å²) in [5.74, 6) is -1.06. The first-order valence-electron chi connectivity index (χ1n) is 9.24. The Kier molecular flexibility index (Phi) is 5.35. The summed E-state index contributed by atoms with van der Waals surface area (Å²) in [5.41, 5.74) is 6.86. The summed E-state index contributed by atoms with van der Waals surface area (Å²) in [4.78, 5) is 29.4. The van der Waals surface area contributed by atoms with Crippen LogP contribution in [0.3, 0.4) is 0 Å². The summed E-state index contributed by atoms with van der Waals surface area (Å²) in [6.07, 6.45) is 0.571. The number of nitrogens with zero attached hydrogens (tertiary/aromatic N) is 3. The van der Waals surface area contributed by atoms with Gasteiger partial charge in [-0.2, -0.15) is 5.10 Å². The number of hydrogen-bond donors (Lipinski definition) is 2. The Morgan fingerprint density at radius 2 is 2.10 bits per heavy atom. The number of thiophene rings is 1. The minimum Gasteiger partial charge on any atom is -0.365 e. The minimum absolute atomic E-state index is 0.0877. The molecular formula is C19H18BrF2N5O2S. The first-order chi connectivity index (χ1) is 14.2. The lowest BCUT2D eigenvalue weighted by Crippen LogP contribution is -2.26. The van der Waals surface area contributed by atoms with Crippen LogP contribution in [-0.4, -0.2) is 26.6 Å². The predicted molar refractivity (Wildman–Crippen MR) is 113 cm³/mol. The molecule has 3 aromatic rings. The highest BCUT2D eigenvalue weighted by Crippen LogP contribution is 2.48. The Labute approximate surface area is 182 Å². The normalized spacial score (nSPS) is 15.0. The number of nitrogens with one attached hydrogen (secondary N) is 1. The zero-order chi connectivity index (χ0) is 21.7. The van der Waals surface area contributed by atoms with Gasteiger partial charge in [-0.15, -0.1) is 11.3 Å². The van der Waals surface area contributed by atoms with Crippen LogP contribution >= 0.6 is 27.3 Å². The van der Waals surface area contributed by atoms with E-state index >= 15 is 0 Å². The van der Waals surface area contributed by atoms with Gasteiger partial charge in [-0.1, -0.05) is 0 Å². The van der Waals surface area contributed by atoms with Crippen molar-refractivity contribution >= 4 is 55.0 Å². The predicted octanol–water partition coefficient (Wildman–Crippen LogP) is 4.68. The number of primary amides is 1. The molecule has 3 N–H and O–H groups in total. The zero-order valence-electron chi connectivity index (χ0n) is 16.1. The third kappa shape index (κ3) is 3.60. The third-order valence-electron chi connectivity index (χ3n) is 5.16. The molecule has 11 heteroatoms. The van der Waals surface area contributed by atoms with Gasteiger partial charge in [0.25, 0.3) is 12.3 Å². The molecule has 1 fully saturated rings. The number of rotatable bonds is 6. The number of alkyl halides is 2. The molecule has 0 spiro atoms. The Bertz CT molecular complexity index is 1170. The van der Waals surface area contributed by atoms with Crippen LogP contribution in [0.2, 0.25) is 0 Å². The maximum atomic E-state index is 13.3. The van der Waals surface area contributed by atoms with Crippen molar-refractivity contribution < 1.29 is 18.4 Å². The van der Waals surface area contributed by atoms with E-state index in [0.717, 1.165) is 34.3 Å². The van der Waals surface area contributed by atoms with E-state index in [1.807, 2.05) is 6.92 Å². The minimum atomic E-state index is -2.73. The zero-order valence-corrected chi connectivity index (χ0v) is 18.5. The number of anilines is 1. The van der Waals surface area contributed by atoms with E-state index in [9.17, 15) is 18.4 Å². The third-order valence-corrected chi connectivity index (χ3v) is 7.03. The molecule has 2 amide bonds. The van der Waals surface area contributed by atoms with Gasteiger partial charge in [0.05, 0.1) is 22.1 Å². The van der Waals surface area contributed by atoms with Crippen molar-refractivity contribution in [3.63, 3.8) is 0 Å². The van der Waals surface area contributed by atoms with Gasteiger partial charge in [-0.25, -0.2) is 13.8 Å². The van der Waals surface area contributed by atoms with Crippen molar-refractivity contribution in [3.8, 4) is 0 Å². The lowest BCUT2D eigenvalue weighted by molar-refractivity contribution is -0.119. The van der Waals surface area contributed by atoms with E-state index in [2.05, 4.69) is 31.3 Å². The van der Waals surface area contributed by atoms with Gasteiger partial charge in [0.2, 0.25) is 5.91 Å². The van der Waals surface area contributed by atoms with Crippen molar-refractivity contribution in [1.82, 2.24) is 14.8 Å². The van der Waals surface area contributed by atoms with Crippen LogP contribution in [0.5, 0.6) is 0 Å². The van der Waals surface area contributed by atoms with Crippen LogP contribution in [0, 0.1) is 6.92 Å². The van der Waals surface area contributed by atoms with Crippen molar-refractivity contribution in [2.75, 3.05) is 5.32 Å². The van der Waals surface area contributed by atoms with Crippen LogP contribution in [0.4, 0.5) is 14.5 Å². The molecule has 0 aliphatic heterocycles. The molecule has 1 aliphatic carbocycles. The molecule has 1 saturated carbocycles. The van der Waals surface area contributed by atoms with E-state index in [1.165, 1.54) is 6.07 Å². The molecule has 0 radical (unpaired) electrons. The van der Waals surface area contributed by atoms with E-state index in [4.69, 9.17) is 5.73 Å². The second kappa shape index (κ2) is 7.69. The highest BCUT2D eigenvalue weighted by molar-refractivity contribution is 9.10. The molecule has 0 saturated heterocycles. The molecule has 1 aliphatic rings. The average molecular weight is 498 g/mol. The van der Waals surface area contributed by atoms with Crippen LogP contribution in [0.15, 0.2) is 16.7 Å². The lowest BCUT2D eigenvalue weighted by Gasteiger charge is -2.16. The van der Waals surface area contributed by atoms with Gasteiger partial charge in [0.1, 0.15) is 21.4 Å². The maximum Gasteiger partial charge on any atom is 0.280 e. The lowest BCUT2D eigenvalue weighted by atomic mass is 10.0. The number of halogens is 3. The molecule has 0 aromatic carbocycles. The highest BCUT2D eigenvalue weighted by Gasteiger charge is 2.32. The Balaban J connectivity index is 1.81. The number of fused-ring (bicyclic) bond motifs is 1. The molecule has 4 rings (SSSR count). The molecule has 30 heavy (non-hydrogen) atoms. The van der Waals surface area contributed by atoms with Crippen LogP contribution in [0.25, 0.3) is 10.2 Å². The standard InChI is InChI=1S/C19H18BrF2N5O2S/c1-7-11(20)6-24-27(7)8(2)18(29)26-14-13-10(9-3-4-9)5-12(16(21)22)25-19(13)30-15(14)17(23)28/h5-6,8-9,16H,3-4H2,1-2H3,(H2,23,28)(H,26,29). The van der Waals surface area contributed by atoms with Crippen molar-refractivity contribution in [2.24, 2.45) is 5.73 Å². The van der Waals surface area contributed by atoms with Crippen molar-refractivity contribution in [1.29, 1.82) is 0 Å². The number of carbonyl (C=O) groups excluding carboxylic acids is 2. The molecule has 0 bridgehead atoms. The molecule has 7 nitrogen and oxygen atoms in total. The highest BCUT2D eigenvalue weighted by atomic mass is 79.9. The fraction of sp³-hybridized carbons (Fsp3) is 0.368. The van der Waals surface area contributed by atoms with Gasteiger partial charge in [0, 0.05) is 5.39 Å². The van der Waals surface area contributed by atoms with Gasteiger partial charge in [0.15, 0.2) is 0 Å². The molecule has 1 unspecified atom stereocenters. The summed E-state index contributed by atoms with van der Waals surface area (Å²) < 4.78 is 29.0. The molecule has 1 atom stereocenters. The monoisotopic (exact) mass is 497 g/mol.